The molecule has 0 spiro atoms. The fraction of sp³-hybridized carbons (Fsp3) is 0.280. The number of nitrogens with zero attached hydrogens (tertiary/aromatic N) is 2. The monoisotopic (exact) mass is 489 g/mol. The van der Waals surface area contributed by atoms with Gasteiger partial charge in [-0.25, -0.2) is 9.37 Å². The largest absolute Gasteiger partial charge is 0.482 e. The van der Waals surface area contributed by atoms with Gasteiger partial charge in [0.2, 0.25) is 0 Å². The highest BCUT2D eigenvalue weighted by Gasteiger charge is 2.20. The number of hydrogen-bond acceptors (Lipinski definition) is 4. The van der Waals surface area contributed by atoms with Gasteiger partial charge in [0, 0.05) is 41.5 Å². The summed E-state index contributed by atoms with van der Waals surface area (Å²) in [4.78, 5) is 18.5. The van der Waals surface area contributed by atoms with Crippen LogP contribution in [0.25, 0.3) is 11.1 Å². The molecule has 5 nitrogen and oxygen atoms in total. The molecule has 1 atom stereocenters. The molecule has 0 aliphatic heterocycles. The zero-order valence-corrected chi connectivity index (χ0v) is 20.4. The van der Waals surface area contributed by atoms with Gasteiger partial charge < -0.3 is 15.4 Å². The first kappa shape index (κ1) is 24.8. The van der Waals surface area contributed by atoms with Crippen molar-refractivity contribution >= 4 is 34.9 Å². The van der Waals surface area contributed by atoms with Crippen molar-refractivity contribution in [2.24, 2.45) is 5.92 Å². The summed E-state index contributed by atoms with van der Waals surface area (Å²) in [7, 11) is 1.79. The van der Waals surface area contributed by atoms with Gasteiger partial charge in [-0.15, -0.1) is 0 Å². The summed E-state index contributed by atoms with van der Waals surface area (Å²) in [6.07, 6.45) is 0.952. The molecule has 1 amide bonds. The Kier molecular flexibility index (Phi) is 7.82. The van der Waals surface area contributed by atoms with Crippen molar-refractivity contribution in [3.63, 3.8) is 0 Å². The number of benzene rings is 2. The number of carbonyl (C=O) groups excluding carboxylic acids is 1. The SMILES string of the molecule is CC(C)CN(C)C(=O)c1ccc(-c2cnc(N)c(OC(C)c3c(Cl)ccc(F)c3Cl)c2)cc1. The van der Waals surface area contributed by atoms with Crippen molar-refractivity contribution in [1.29, 1.82) is 0 Å². The highest BCUT2D eigenvalue weighted by atomic mass is 35.5. The Morgan fingerprint density at radius 1 is 1.12 bits per heavy atom. The van der Waals surface area contributed by atoms with E-state index in [4.69, 9.17) is 33.7 Å². The molecule has 2 N–H and O–H groups in total. The minimum absolute atomic E-state index is 0.0348. The van der Waals surface area contributed by atoms with Crippen LogP contribution >= 0.6 is 23.2 Å². The molecule has 1 unspecified atom stereocenters. The molecule has 0 aliphatic rings. The smallest absolute Gasteiger partial charge is 0.253 e. The molecule has 2 aromatic carbocycles. The molecule has 174 valence electrons. The van der Waals surface area contributed by atoms with Crippen molar-refractivity contribution in [2.45, 2.75) is 26.9 Å². The van der Waals surface area contributed by atoms with Gasteiger partial charge in [0.25, 0.3) is 5.91 Å². The molecule has 0 radical (unpaired) electrons. The van der Waals surface area contributed by atoms with Crippen molar-refractivity contribution < 1.29 is 13.9 Å². The summed E-state index contributed by atoms with van der Waals surface area (Å²) >= 11 is 12.3. The molecular formula is C25H26Cl2FN3O2. The second kappa shape index (κ2) is 10.4. The molecule has 0 fully saturated rings. The number of anilines is 1. The van der Waals surface area contributed by atoms with Gasteiger partial charge in [0.1, 0.15) is 11.9 Å². The van der Waals surface area contributed by atoms with Gasteiger partial charge in [0.15, 0.2) is 11.6 Å². The van der Waals surface area contributed by atoms with Crippen molar-refractivity contribution in [3.8, 4) is 16.9 Å². The summed E-state index contributed by atoms with van der Waals surface area (Å²) in [5.41, 5.74) is 8.53. The molecule has 3 aromatic rings. The maximum Gasteiger partial charge on any atom is 0.253 e. The number of nitrogens with two attached hydrogens (primary N) is 1. The van der Waals surface area contributed by atoms with Crippen LogP contribution in [0.2, 0.25) is 10.0 Å². The third-order valence-corrected chi connectivity index (χ3v) is 5.84. The molecule has 0 saturated heterocycles. The Balaban J connectivity index is 1.83. The zero-order valence-electron chi connectivity index (χ0n) is 18.9. The minimum Gasteiger partial charge on any atom is -0.482 e. The number of ether oxygens (including phenoxy) is 1. The van der Waals surface area contributed by atoms with Crippen LogP contribution in [0.1, 0.15) is 42.8 Å². The van der Waals surface area contributed by atoms with Crippen LogP contribution in [0, 0.1) is 11.7 Å². The van der Waals surface area contributed by atoms with E-state index in [-0.39, 0.29) is 16.7 Å². The fourth-order valence-electron chi connectivity index (χ4n) is 3.53. The lowest BCUT2D eigenvalue weighted by atomic mass is 10.0. The highest BCUT2D eigenvalue weighted by molar-refractivity contribution is 6.36. The Hall–Kier alpha value is -2.83. The van der Waals surface area contributed by atoms with E-state index in [9.17, 15) is 9.18 Å². The van der Waals surface area contributed by atoms with Gasteiger partial charge in [0.05, 0.1) is 5.02 Å². The van der Waals surface area contributed by atoms with Crippen LogP contribution < -0.4 is 10.5 Å². The Morgan fingerprint density at radius 3 is 2.42 bits per heavy atom. The standard InChI is InChI=1S/C25H26Cl2FN3O2/c1-14(2)13-31(4)25(32)17-7-5-16(6-8-17)18-11-21(24(29)30-12-18)33-15(3)22-19(26)9-10-20(28)23(22)27/h5-12,14-15H,13H2,1-4H3,(H2,29,30). The van der Waals surface area contributed by atoms with E-state index in [0.717, 1.165) is 11.1 Å². The van der Waals surface area contributed by atoms with E-state index in [0.29, 0.717) is 34.4 Å². The molecule has 0 aliphatic carbocycles. The van der Waals surface area contributed by atoms with Crippen LogP contribution in [-0.4, -0.2) is 29.4 Å². The predicted molar refractivity (Wildman–Crippen MR) is 131 cm³/mol. The number of amides is 1. The lowest BCUT2D eigenvalue weighted by Crippen LogP contribution is -2.30. The number of hydrogen-bond donors (Lipinski definition) is 1. The van der Waals surface area contributed by atoms with Crippen LogP contribution in [-0.2, 0) is 0 Å². The minimum atomic E-state index is -0.670. The number of pyridine rings is 1. The van der Waals surface area contributed by atoms with Crippen molar-refractivity contribution in [2.75, 3.05) is 19.3 Å². The topological polar surface area (TPSA) is 68.5 Å². The second-order valence-corrected chi connectivity index (χ2v) is 9.07. The van der Waals surface area contributed by atoms with Crippen molar-refractivity contribution in [1.82, 2.24) is 9.88 Å². The van der Waals surface area contributed by atoms with Crippen LogP contribution in [0.3, 0.4) is 0 Å². The molecule has 0 bridgehead atoms. The molecule has 1 aromatic heterocycles. The van der Waals surface area contributed by atoms with E-state index >= 15 is 0 Å². The summed E-state index contributed by atoms with van der Waals surface area (Å²) in [5.74, 6) is 0.258. The van der Waals surface area contributed by atoms with E-state index in [1.165, 1.54) is 12.1 Å². The average molecular weight is 490 g/mol. The van der Waals surface area contributed by atoms with Crippen LogP contribution in [0.15, 0.2) is 48.7 Å². The highest BCUT2D eigenvalue weighted by Crippen LogP contribution is 2.37. The number of halogens is 3. The number of carbonyl (C=O) groups is 1. The average Bonchev–Trinajstić information content (AvgIpc) is 2.77. The normalized spacial score (nSPS) is 12.0. The molecule has 0 saturated carbocycles. The summed E-state index contributed by atoms with van der Waals surface area (Å²) in [6.45, 7) is 6.52. The van der Waals surface area contributed by atoms with E-state index in [1.54, 1.807) is 43.3 Å². The molecular weight excluding hydrogens is 464 g/mol. The Labute approximate surface area is 203 Å². The van der Waals surface area contributed by atoms with Gasteiger partial charge >= 0.3 is 0 Å². The van der Waals surface area contributed by atoms with Gasteiger partial charge in [-0.05, 0) is 48.7 Å². The third kappa shape index (κ3) is 5.75. The first-order valence-corrected chi connectivity index (χ1v) is 11.3. The second-order valence-electron chi connectivity index (χ2n) is 8.28. The van der Waals surface area contributed by atoms with E-state index in [2.05, 4.69) is 18.8 Å². The molecule has 3 rings (SSSR count). The predicted octanol–water partition coefficient (Wildman–Crippen LogP) is 6.64. The molecule has 33 heavy (non-hydrogen) atoms. The quantitative estimate of drug-likeness (QED) is 0.377. The Bertz CT molecular complexity index is 1150. The van der Waals surface area contributed by atoms with E-state index < -0.39 is 11.9 Å². The third-order valence-electron chi connectivity index (χ3n) is 5.12. The van der Waals surface area contributed by atoms with Gasteiger partial charge in [-0.3, -0.25) is 4.79 Å². The summed E-state index contributed by atoms with van der Waals surface area (Å²) < 4.78 is 19.9. The Morgan fingerprint density at radius 2 is 1.79 bits per heavy atom. The van der Waals surface area contributed by atoms with Crippen molar-refractivity contribution in [3.05, 3.63) is 75.7 Å². The fourth-order valence-corrected chi connectivity index (χ4v) is 4.21. The summed E-state index contributed by atoms with van der Waals surface area (Å²) in [5, 5.41) is 0.194. The first-order valence-electron chi connectivity index (χ1n) is 10.5. The number of rotatable bonds is 7. The number of aromatic nitrogens is 1. The summed E-state index contributed by atoms with van der Waals surface area (Å²) in [6, 6.07) is 11.6. The maximum atomic E-state index is 13.9. The van der Waals surface area contributed by atoms with Crippen LogP contribution in [0.4, 0.5) is 10.2 Å². The van der Waals surface area contributed by atoms with E-state index in [1.807, 2.05) is 12.1 Å². The lowest BCUT2D eigenvalue weighted by Gasteiger charge is -2.20. The van der Waals surface area contributed by atoms with Crippen LogP contribution in [0.5, 0.6) is 5.75 Å². The van der Waals surface area contributed by atoms with Gasteiger partial charge in [-0.1, -0.05) is 49.2 Å². The van der Waals surface area contributed by atoms with Gasteiger partial charge in [-0.2, -0.15) is 0 Å². The lowest BCUT2D eigenvalue weighted by molar-refractivity contribution is 0.0779. The zero-order chi connectivity index (χ0) is 24.3. The molecule has 1 heterocycles. The molecule has 8 heteroatoms. The maximum absolute atomic E-state index is 13.9. The first-order chi connectivity index (χ1) is 15.6. The number of nitrogen functional groups attached to an aromatic ring is 1.